The van der Waals surface area contributed by atoms with Crippen molar-refractivity contribution in [3.63, 3.8) is 0 Å². The summed E-state index contributed by atoms with van der Waals surface area (Å²) in [5.41, 5.74) is 38.0. The average molecular weight is 1780 g/mol. The number of aromatic amines is 2. The third kappa shape index (κ3) is 39.4. The van der Waals surface area contributed by atoms with Crippen molar-refractivity contribution >= 4 is 99.5 Å². The first kappa shape index (κ1) is 108. The molecule has 4 rings (SSSR count). The lowest BCUT2D eigenvalue weighted by Gasteiger charge is -2.29. The van der Waals surface area contributed by atoms with Gasteiger partial charge in [-0.15, -0.1) is 0 Å². The molecule has 15 amide bonds. The lowest BCUT2D eigenvalue weighted by molar-refractivity contribution is -0.136. The summed E-state index contributed by atoms with van der Waals surface area (Å²) in [5, 5.41) is 39.1. The Balaban J connectivity index is 1.55. The van der Waals surface area contributed by atoms with E-state index >= 15 is 4.79 Å². The van der Waals surface area contributed by atoms with Crippen LogP contribution in [-0.4, -0.2) is 221 Å². The second-order valence-electron chi connectivity index (χ2n) is 35.3. The average Bonchev–Trinajstić information content (AvgIpc) is 1.70. The number of H-pyrrole nitrogens is 2. The van der Waals surface area contributed by atoms with Crippen molar-refractivity contribution in [3.05, 3.63) is 90.1 Å². The molecule has 0 spiro atoms. The third-order valence-electron chi connectivity index (χ3n) is 21.4. The predicted molar refractivity (Wildman–Crippen MR) is 485 cm³/mol. The minimum atomic E-state index is -1.45. The van der Waals surface area contributed by atoms with Gasteiger partial charge in [0.25, 0.3) is 0 Å². The Morgan fingerprint density at radius 3 is 1.14 bits per heavy atom. The molecule has 0 aliphatic heterocycles. The van der Waals surface area contributed by atoms with Gasteiger partial charge in [-0.05, 0) is 189 Å². The zero-order chi connectivity index (χ0) is 94.6. The predicted octanol–water partition coefficient (Wildman–Crippen LogP) is 0.182. The van der Waals surface area contributed by atoms with Gasteiger partial charge in [0.2, 0.25) is 88.6 Å². The first-order valence-corrected chi connectivity index (χ1v) is 44.8. The quantitative estimate of drug-likeness (QED) is 0.0262. The number of unbranched alkanes of at least 4 members (excludes halogenated alkanes) is 4. The molecule has 2 aromatic carbocycles. The topological polar surface area (TPSA) is 625 Å². The van der Waals surface area contributed by atoms with Crippen LogP contribution in [-0.2, 0) is 91.2 Å². The number of rotatable bonds is 61. The molecular formula is C89H147N23O15. The molecule has 2 heterocycles. The summed E-state index contributed by atoms with van der Waals surface area (Å²) in [4.78, 5) is 224. The molecule has 28 N–H and O–H groups in total. The molecule has 0 fully saturated rings. The Morgan fingerprint density at radius 2 is 0.717 bits per heavy atom. The summed E-state index contributed by atoms with van der Waals surface area (Å²) >= 11 is 0. The van der Waals surface area contributed by atoms with E-state index in [1.54, 1.807) is 64.2 Å². The summed E-state index contributed by atoms with van der Waals surface area (Å²) in [6.45, 7) is 23.1. The fraction of sp³-hybridized carbons (Fsp3) is 0.640. The van der Waals surface area contributed by atoms with Gasteiger partial charge in [-0.2, -0.15) is 0 Å². The fourth-order valence-electron chi connectivity index (χ4n) is 14.4. The fourth-order valence-corrected chi connectivity index (χ4v) is 14.4. The number of carbonyl (C=O) groups is 15. The summed E-state index contributed by atoms with van der Waals surface area (Å²) in [6.07, 6.45) is 8.28. The van der Waals surface area contributed by atoms with E-state index < -0.39 is 192 Å². The number of nitrogens with zero attached hydrogens (tertiary/aromatic N) is 1. The van der Waals surface area contributed by atoms with E-state index in [1.807, 2.05) is 79.7 Å². The number of amides is 15. The van der Waals surface area contributed by atoms with Crippen LogP contribution < -0.4 is 109 Å². The molecule has 4 aromatic rings. The first-order chi connectivity index (χ1) is 60.2. The number of carbonyl (C=O) groups excluding carboxylic acids is 15. The molecule has 0 aliphatic carbocycles. The van der Waals surface area contributed by atoms with Gasteiger partial charge in [-0.25, -0.2) is 4.98 Å². The highest BCUT2D eigenvalue weighted by atomic mass is 16.2. The number of primary amides is 1. The first-order valence-electron chi connectivity index (χ1n) is 44.8. The van der Waals surface area contributed by atoms with Gasteiger partial charge >= 0.3 is 0 Å². The molecule has 0 bridgehead atoms. The van der Waals surface area contributed by atoms with Crippen LogP contribution in [0.15, 0.2) is 73.3 Å². The van der Waals surface area contributed by atoms with Gasteiger partial charge in [0.15, 0.2) is 0 Å². The Morgan fingerprint density at radius 1 is 0.354 bits per heavy atom. The minimum absolute atomic E-state index is 0.00167. The van der Waals surface area contributed by atoms with E-state index in [9.17, 15) is 67.1 Å². The van der Waals surface area contributed by atoms with Gasteiger partial charge < -0.3 is 119 Å². The van der Waals surface area contributed by atoms with E-state index in [1.165, 1.54) is 19.4 Å². The van der Waals surface area contributed by atoms with Crippen LogP contribution in [0.4, 0.5) is 0 Å². The maximum absolute atomic E-state index is 15.1. The Hall–Kier alpha value is -11.0. The highest BCUT2D eigenvalue weighted by molar-refractivity contribution is 6.01. The van der Waals surface area contributed by atoms with Crippen molar-refractivity contribution in [1.82, 2.24) is 89.4 Å². The number of nitrogens with one attached hydrogen (secondary N) is 16. The van der Waals surface area contributed by atoms with E-state index in [0.29, 0.717) is 69.0 Å². The van der Waals surface area contributed by atoms with Crippen molar-refractivity contribution < 1.29 is 71.9 Å². The monoisotopic (exact) mass is 1780 g/mol. The molecule has 127 heavy (non-hydrogen) atoms. The van der Waals surface area contributed by atoms with Crippen LogP contribution in [0.25, 0.3) is 10.9 Å². The Kier molecular flexibility index (Phi) is 48.6. The van der Waals surface area contributed by atoms with Crippen molar-refractivity contribution in [3.8, 4) is 0 Å². The summed E-state index contributed by atoms with van der Waals surface area (Å²) in [5.74, 6) is -12.8. The lowest BCUT2D eigenvalue weighted by atomic mass is 9.98. The van der Waals surface area contributed by atoms with Crippen molar-refractivity contribution in [2.24, 2.45) is 69.9 Å². The van der Waals surface area contributed by atoms with Crippen molar-refractivity contribution in [2.45, 2.75) is 297 Å². The van der Waals surface area contributed by atoms with Crippen LogP contribution in [0.5, 0.6) is 0 Å². The number of nitrogens with two attached hydrogens (primary N) is 6. The number of aromatic nitrogens is 3. The molecule has 0 aliphatic rings. The van der Waals surface area contributed by atoms with E-state index in [0.717, 1.165) is 16.5 Å². The highest BCUT2D eigenvalue weighted by Gasteiger charge is 2.39. The van der Waals surface area contributed by atoms with Gasteiger partial charge in [-0.3, -0.25) is 71.9 Å². The molecule has 708 valence electrons. The molecule has 0 saturated carbocycles. The molecule has 38 nitrogen and oxygen atoms in total. The maximum Gasteiger partial charge on any atom is 0.243 e. The number of para-hydroxylation sites is 1. The van der Waals surface area contributed by atoms with Crippen LogP contribution >= 0.6 is 0 Å². The normalized spacial score (nSPS) is 14.8. The van der Waals surface area contributed by atoms with Crippen LogP contribution in [0.1, 0.15) is 210 Å². The SMILES string of the molecule is CC(C)C[C@H](NC(=O)[C@@H](NC(=O)[C@H](CCCCN)NC(=O)[C@H](CC(C)C)NC(=O)[C@@H](NC(=O)[C@H](C)NC(=O)CNC(=O)[C@H](Cc1cnc[nH]1)NC(=O)[C@H](CCCCN)NC(=O)[C@H](CCCCN)NC(=O)[C@H](Cc1ccccc1)NC(=O)[C@H](CC(C)C)NC(=O)[C@H](CCCCN)NC(=O)[C@H](Cc1c[nH]c2ccccc12)NC(=O)[C@@H](N)CC(C)C)C(C)C)C(C)C)C(N)=O. The minimum Gasteiger partial charge on any atom is -0.368 e. The van der Waals surface area contributed by atoms with Gasteiger partial charge in [0.1, 0.15) is 78.5 Å². The lowest BCUT2D eigenvalue weighted by Crippen LogP contribution is -2.61. The molecule has 0 radical (unpaired) electrons. The number of imidazole rings is 1. The summed E-state index contributed by atoms with van der Waals surface area (Å²) in [7, 11) is 0. The summed E-state index contributed by atoms with van der Waals surface area (Å²) in [6, 6.07) is -1.29. The third-order valence-corrected chi connectivity index (χ3v) is 21.4. The zero-order valence-corrected chi connectivity index (χ0v) is 76.5. The second kappa shape index (κ2) is 57.0. The summed E-state index contributed by atoms with van der Waals surface area (Å²) < 4.78 is 0. The molecular weight excluding hydrogens is 1630 g/mol. The van der Waals surface area contributed by atoms with Crippen LogP contribution in [0.2, 0.25) is 0 Å². The maximum atomic E-state index is 15.1. The van der Waals surface area contributed by atoms with Crippen LogP contribution in [0, 0.1) is 35.5 Å². The number of hydrogen-bond acceptors (Lipinski definition) is 21. The number of hydrogen-bond donors (Lipinski definition) is 22. The second-order valence-corrected chi connectivity index (χ2v) is 35.3. The smallest absolute Gasteiger partial charge is 0.243 e. The zero-order valence-electron chi connectivity index (χ0n) is 76.5. The molecule has 14 atom stereocenters. The van der Waals surface area contributed by atoms with E-state index in [4.69, 9.17) is 34.4 Å². The van der Waals surface area contributed by atoms with Crippen molar-refractivity contribution in [2.75, 3.05) is 32.7 Å². The molecule has 2 aromatic heterocycles. The Labute approximate surface area is 746 Å². The van der Waals surface area contributed by atoms with E-state index in [-0.39, 0.29) is 114 Å². The van der Waals surface area contributed by atoms with Gasteiger partial charge in [-0.1, -0.05) is 132 Å². The number of benzene rings is 2. The molecule has 0 unspecified atom stereocenters. The van der Waals surface area contributed by atoms with Gasteiger partial charge in [0, 0.05) is 48.3 Å². The van der Waals surface area contributed by atoms with Gasteiger partial charge in [0.05, 0.1) is 18.9 Å². The van der Waals surface area contributed by atoms with Crippen LogP contribution in [0.3, 0.4) is 0 Å². The standard InChI is InChI=1S/C89H147N23O15/c1-50(2)39-61(94)78(116)106-71(44-58-46-97-62-30-18-17-29-60(58)62)87(125)103-65(33-21-25-37-92)81(119)107-68(41-52(5)6)85(123)108-70(43-57-27-15-14-16-28-57)86(124)102-63(31-19-23-35-90)80(118)101-64(32-20-24-36-91)82(120)109-72(45-59-47-96-49-99-59)79(117)98-48-73(113)100-56(13)77(115)111-74(54(9)10)89(127)110-69(42-53(7)8)84(122)104-66(34-22-26-38-93)83(121)112-75(55(11)12)88(126)105-67(76(95)114)40-51(3)4/h14-18,27-30,46-47,49-56,61,63-72,74-75,97H,19-26,31-45,48,90-94H2,1-13H3,(H2,95,114)(H,96,99)(H,98,117)(H,100,113)(H,101,118)(H,102,124)(H,103,125)(H,104,122)(H,105,126)(H,106,116)(H,107,119)(H,108,123)(H,109,120)(H,110,127)(H,111,115)(H,112,121)/t56-,61-,63-,64-,65-,66-,67-,68-,69-,70-,71-,72-,74-,75-/m0/s1. The van der Waals surface area contributed by atoms with Crippen molar-refractivity contribution in [1.29, 1.82) is 0 Å². The largest absolute Gasteiger partial charge is 0.368 e. The molecule has 38 heteroatoms. The van der Waals surface area contributed by atoms with E-state index in [2.05, 4.69) is 89.4 Å². The number of fused-ring (bicyclic) bond motifs is 1. The molecule has 0 saturated heterocycles. The Bertz CT molecular complexity index is 4140. The highest BCUT2D eigenvalue weighted by Crippen LogP contribution is 2.22.